The van der Waals surface area contributed by atoms with Crippen molar-refractivity contribution in [3.63, 3.8) is 0 Å². The summed E-state index contributed by atoms with van der Waals surface area (Å²) in [6.45, 7) is 2.03. The molecule has 0 heterocycles. The van der Waals surface area contributed by atoms with Crippen LogP contribution in [-0.2, 0) is 19.1 Å². The minimum absolute atomic E-state index is 0.0310. The largest absolute Gasteiger partial charge is 0.466 e. The molecule has 0 atom stereocenters. The van der Waals surface area contributed by atoms with Crippen molar-refractivity contribution in [2.24, 2.45) is 0 Å². The third-order valence-electron chi connectivity index (χ3n) is 2.32. The van der Waals surface area contributed by atoms with Gasteiger partial charge in [-0.3, -0.25) is 0 Å². The second-order valence-electron chi connectivity index (χ2n) is 3.63. The summed E-state index contributed by atoms with van der Waals surface area (Å²) in [5.74, 6) is -0.363. The zero-order valence-corrected chi connectivity index (χ0v) is 12.5. The number of rotatable bonds is 6. The summed E-state index contributed by atoms with van der Waals surface area (Å²) in [5, 5.41) is 2.91. The molecule has 1 N–H and O–H groups in total. The molecule has 0 bridgehead atoms. The van der Waals surface area contributed by atoms with Gasteiger partial charge in [-0.1, -0.05) is 19.1 Å². The lowest BCUT2D eigenvalue weighted by Gasteiger charge is -2.12. The smallest absolute Gasteiger partial charge is 0.354 e. The number of ether oxygens (including phenoxy) is 2. The third kappa shape index (κ3) is 4.62. The van der Waals surface area contributed by atoms with Gasteiger partial charge in [0.1, 0.15) is 5.70 Å². The highest BCUT2D eigenvalue weighted by Gasteiger charge is 2.14. The van der Waals surface area contributed by atoms with E-state index in [1.165, 1.54) is 14.2 Å². The summed E-state index contributed by atoms with van der Waals surface area (Å²) in [6.07, 6.45) is 1.07. The van der Waals surface area contributed by atoms with E-state index >= 15 is 0 Å². The molecule has 5 nitrogen and oxygen atoms in total. The van der Waals surface area contributed by atoms with Crippen molar-refractivity contribution in [2.75, 3.05) is 25.3 Å². The van der Waals surface area contributed by atoms with E-state index in [2.05, 4.69) is 14.8 Å². The molecule has 0 aliphatic rings. The molecule has 0 aliphatic heterocycles. The van der Waals surface area contributed by atoms with Crippen LogP contribution >= 0.6 is 11.8 Å². The van der Waals surface area contributed by atoms with Crippen LogP contribution in [-0.4, -0.2) is 31.9 Å². The van der Waals surface area contributed by atoms with Crippen LogP contribution in [0.3, 0.4) is 0 Å². The molecule has 0 fully saturated rings. The molecule has 0 unspecified atom stereocenters. The number of hydrogen-bond acceptors (Lipinski definition) is 6. The second kappa shape index (κ2) is 8.27. The Labute approximate surface area is 122 Å². The molecule has 0 saturated heterocycles. The van der Waals surface area contributed by atoms with Gasteiger partial charge in [0, 0.05) is 4.90 Å². The number of methoxy groups -OCH3 is 2. The van der Waals surface area contributed by atoms with E-state index in [0.29, 0.717) is 0 Å². The first-order valence-electron chi connectivity index (χ1n) is 5.99. The van der Waals surface area contributed by atoms with Gasteiger partial charge >= 0.3 is 11.9 Å². The number of carbonyl (C=O) groups is 2. The molecule has 0 aliphatic carbocycles. The Balaban J connectivity index is 3.04. The lowest BCUT2D eigenvalue weighted by Crippen LogP contribution is -2.15. The van der Waals surface area contributed by atoms with E-state index in [0.717, 1.165) is 22.4 Å². The zero-order chi connectivity index (χ0) is 15.0. The van der Waals surface area contributed by atoms with Crippen molar-refractivity contribution in [1.82, 2.24) is 0 Å². The molecule has 0 saturated carbocycles. The summed E-state index contributed by atoms with van der Waals surface area (Å²) < 4.78 is 9.17. The lowest BCUT2D eigenvalue weighted by molar-refractivity contribution is -0.138. The van der Waals surface area contributed by atoms with Gasteiger partial charge in [0.2, 0.25) is 0 Å². The molecule has 0 spiro atoms. The minimum Gasteiger partial charge on any atom is -0.466 e. The Hall–Kier alpha value is -1.95. The van der Waals surface area contributed by atoms with Gasteiger partial charge in [-0.05, 0) is 17.9 Å². The molecule has 20 heavy (non-hydrogen) atoms. The van der Waals surface area contributed by atoms with Crippen LogP contribution < -0.4 is 5.32 Å². The summed E-state index contributed by atoms with van der Waals surface area (Å²) >= 11 is 1.63. The van der Waals surface area contributed by atoms with E-state index in [-0.39, 0.29) is 5.70 Å². The normalized spacial score (nSPS) is 10.8. The first-order valence-corrected chi connectivity index (χ1v) is 6.97. The molecule has 1 rings (SSSR count). The number of esters is 2. The number of hydrogen-bond donors (Lipinski definition) is 1. The molecular weight excluding hydrogens is 278 g/mol. The quantitative estimate of drug-likeness (QED) is 0.494. The number of benzene rings is 1. The van der Waals surface area contributed by atoms with Gasteiger partial charge in [-0.2, -0.15) is 0 Å². The average Bonchev–Trinajstić information content (AvgIpc) is 2.47. The van der Waals surface area contributed by atoms with Crippen molar-refractivity contribution in [3.8, 4) is 0 Å². The number of anilines is 1. The molecule has 0 amide bonds. The fraction of sp³-hybridized carbons (Fsp3) is 0.286. The standard InChI is InChI=1S/C14H17NO4S/c1-4-20-12-8-6-5-7-10(12)15-11(14(17)19-3)9-13(16)18-2/h5-9,15H,4H2,1-3H3/b11-9+. The van der Waals surface area contributed by atoms with Crippen molar-refractivity contribution in [3.05, 3.63) is 36.0 Å². The SMILES string of the molecule is CCSc1ccccc1N/C(=C/C(=O)OC)C(=O)OC. The van der Waals surface area contributed by atoms with Gasteiger partial charge in [0.05, 0.1) is 26.0 Å². The van der Waals surface area contributed by atoms with Crippen molar-refractivity contribution in [2.45, 2.75) is 11.8 Å². The van der Waals surface area contributed by atoms with E-state index in [1.807, 2.05) is 31.2 Å². The van der Waals surface area contributed by atoms with Gasteiger partial charge in [0.25, 0.3) is 0 Å². The Kier molecular flexibility index (Phi) is 6.66. The maximum Gasteiger partial charge on any atom is 0.354 e. The number of nitrogens with one attached hydrogen (secondary N) is 1. The highest BCUT2D eigenvalue weighted by Crippen LogP contribution is 2.27. The Morgan fingerprint density at radius 2 is 1.95 bits per heavy atom. The van der Waals surface area contributed by atoms with Crippen LogP contribution in [0.4, 0.5) is 5.69 Å². The molecule has 1 aromatic rings. The summed E-state index contributed by atoms with van der Waals surface area (Å²) in [4.78, 5) is 23.9. The van der Waals surface area contributed by atoms with E-state index < -0.39 is 11.9 Å². The van der Waals surface area contributed by atoms with Crippen LogP contribution in [0.1, 0.15) is 6.92 Å². The number of para-hydroxylation sites is 1. The fourth-order valence-corrected chi connectivity index (χ4v) is 2.19. The zero-order valence-electron chi connectivity index (χ0n) is 11.6. The van der Waals surface area contributed by atoms with Gasteiger partial charge in [-0.25, -0.2) is 9.59 Å². The number of thioether (sulfide) groups is 1. The summed E-state index contributed by atoms with van der Waals surface area (Å²) in [5.41, 5.74) is 0.767. The van der Waals surface area contributed by atoms with Crippen LogP contribution in [0.5, 0.6) is 0 Å². The monoisotopic (exact) mass is 295 g/mol. The van der Waals surface area contributed by atoms with Crippen molar-refractivity contribution < 1.29 is 19.1 Å². The maximum atomic E-state index is 11.7. The Bertz CT molecular complexity index is 514. The first-order chi connectivity index (χ1) is 9.62. The third-order valence-corrected chi connectivity index (χ3v) is 3.28. The van der Waals surface area contributed by atoms with Crippen LogP contribution in [0.15, 0.2) is 40.9 Å². The summed E-state index contributed by atoms with van der Waals surface area (Å²) in [7, 11) is 2.50. The predicted molar refractivity (Wildman–Crippen MR) is 78.6 cm³/mol. The Morgan fingerprint density at radius 3 is 2.55 bits per heavy atom. The van der Waals surface area contributed by atoms with Crippen LogP contribution in [0, 0.1) is 0 Å². The maximum absolute atomic E-state index is 11.7. The van der Waals surface area contributed by atoms with E-state index in [1.54, 1.807) is 11.8 Å². The molecule has 1 aromatic carbocycles. The topological polar surface area (TPSA) is 64.6 Å². The fourth-order valence-electron chi connectivity index (χ4n) is 1.43. The second-order valence-corrected chi connectivity index (χ2v) is 4.93. The predicted octanol–water partition coefficient (Wildman–Crippen LogP) is 2.44. The molecule has 6 heteroatoms. The van der Waals surface area contributed by atoms with Crippen LogP contribution in [0.2, 0.25) is 0 Å². The van der Waals surface area contributed by atoms with Crippen LogP contribution in [0.25, 0.3) is 0 Å². The molecule has 108 valence electrons. The molecule has 0 aromatic heterocycles. The van der Waals surface area contributed by atoms with Gasteiger partial charge in [-0.15, -0.1) is 11.8 Å². The lowest BCUT2D eigenvalue weighted by atomic mass is 10.3. The van der Waals surface area contributed by atoms with Gasteiger partial charge in [0.15, 0.2) is 0 Å². The van der Waals surface area contributed by atoms with E-state index in [4.69, 9.17) is 0 Å². The number of carbonyl (C=O) groups excluding carboxylic acids is 2. The average molecular weight is 295 g/mol. The van der Waals surface area contributed by atoms with Crippen molar-refractivity contribution in [1.29, 1.82) is 0 Å². The highest BCUT2D eigenvalue weighted by atomic mass is 32.2. The molecular formula is C14H17NO4S. The summed E-state index contributed by atoms with van der Waals surface area (Å²) in [6, 6.07) is 7.51. The Morgan fingerprint density at radius 1 is 1.25 bits per heavy atom. The first kappa shape index (κ1) is 16.1. The van der Waals surface area contributed by atoms with E-state index in [9.17, 15) is 9.59 Å². The highest BCUT2D eigenvalue weighted by molar-refractivity contribution is 7.99. The molecule has 0 radical (unpaired) electrons. The minimum atomic E-state index is -0.633. The van der Waals surface area contributed by atoms with Gasteiger partial charge < -0.3 is 14.8 Å². The van der Waals surface area contributed by atoms with Crippen molar-refractivity contribution >= 4 is 29.4 Å².